The van der Waals surface area contributed by atoms with Crippen molar-refractivity contribution < 1.29 is 25.4 Å². The van der Waals surface area contributed by atoms with Gasteiger partial charge in [0, 0.05) is 16.9 Å². The van der Waals surface area contributed by atoms with Gasteiger partial charge in [0.05, 0.1) is 17.7 Å². The van der Waals surface area contributed by atoms with E-state index in [1.807, 2.05) is 0 Å². The first-order valence-electron chi connectivity index (χ1n) is 9.04. The Hall–Kier alpha value is -3.46. The van der Waals surface area contributed by atoms with E-state index in [0.717, 1.165) is 18.2 Å². The molecule has 0 fully saturated rings. The third-order valence-corrected chi connectivity index (χ3v) is 6.51. The van der Waals surface area contributed by atoms with Crippen molar-refractivity contribution >= 4 is 60.1 Å². The minimum absolute atomic E-state index is 0.00121. The molecule has 0 aliphatic heterocycles. The molecule has 0 saturated carbocycles. The van der Waals surface area contributed by atoms with E-state index >= 15 is 0 Å². The summed E-state index contributed by atoms with van der Waals surface area (Å²) in [6.07, 6.45) is 0. The molecule has 0 saturated heterocycles. The molecule has 0 radical (unpaired) electrons. The molecule has 10 nitrogen and oxygen atoms in total. The van der Waals surface area contributed by atoms with E-state index < -0.39 is 48.9 Å². The van der Waals surface area contributed by atoms with Gasteiger partial charge in [-0.2, -0.15) is 0 Å². The number of carbonyl (C=O) groups is 1. The van der Waals surface area contributed by atoms with E-state index in [0.29, 0.717) is 5.69 Å². The first-order chi connectivity index (χ1) is 15.8. The quantitative estimate of drug-likeness (QED) is 0.183. The van der Waals surface area contributed by atoms with Crippen LogP contribution in [0, 0.1) is 10.7 Å². The Labute approximate surface area is 198 Å². The Bertz CT molecular complexity index is 1340. The second-order valence-electron chi connectivity index (χ2n) is 6.43. The largest absolute Gasteiger partial charge is 0.495 e. The van der Waals surface area contributed by atoms with Gasteiger partial charge in [-0.15, -0.1) is 4.91 Å². The van der Waals surface area contributed by atoms with Gasteiger partial charge in [0.2, 0.25) is 0 Å². The summed E-state index contributed by atoms with van der Waals surface area (Å²) in [5, 5.41) is 4.99. The van der Waals surface area contributed by atoms with Crippen molar-refractivity contribution in [3.05, 3.63) is 77.0 Å². The number of rotatable bonds is 9. The van der Waals surface area contributed by atoms with Crippen molar-refractivity contribution in [2.75, 3.05) is 20.7 Å². The average Bonchev–Trinajstić information content (AvgIpc) is 2.80. The maximum Gasteiger partial charge on any atom is 0.270 e. The lowest BCUT2D eigenvalue weighted by atomic mass is 10.2. The first-order valence-corrected chi connectivity index (χ1v) is 12.5. The zero-order valence-electron chi connectivity index (χ0n) is 16.8. The van der Waals surface area contributed by atoms with Gasteiger partial charge >= 0.3 is 0 Å². The summed E-state index contributed by atoms with van der Waals surface area (Å²) in [5.41, 5.74) is 0.180. The monoisotopic (exact) mass is 586 g/mol. The number of benzene rings is 3. The Morgan fingerprint density at radius 2 is 1.82 bits per heavy atom. The van der Waals surface area contributed by atoms with E-state index in [4.69, 9.17) is 4.74 Å². The number of nitrogens with one attached hydrogen (secondary N) is 3. The van der Waals surface area contributed by atoms with Crippen LogP contribution < -0.4 is 18.3 Å². The van der Waals surface area contributed by atoms with Crippen LogP contribution in [0.25, 0.3) is 0 Å². The maximum atomic E-state index is 13.4. The summed E-state index contributed by atoms with van der Waals surface area (Å²) in [7, 11) is -2.77. The van der Waals surface area contributed by atoms with Crippen LogP contribution >= 0.6 is 21.5 Å². The highest BCUT2D eigenvalue weighted by atomic mass is 127. The number of hydrogen-bond donors (Lipinski definition) is 3. The zero-order chi connectivity index (χ0) is 24.0. The minimum atomic E-state index is -4.14. The predicted molar refractivity (Wildman–Crippen MR) is 128 cm³/mol. The molecular weight excluding hydrogens is 570 g/mol. The van der Waals surface area contributed by atoms with E-state index in [2.05, 4.69) is 18.7 Å². The molecule has 3 N–H and O–H groups in total. The summed E-state index contributed by atoms with van der Waals surface area (Å²) in [6.45, 7) is 0. The fourth-order valence-corrected chi connectivity index (χ4v) is 4.46. The molecule has 13 heteroatoms. The van der Waals surface area contributed by atoms with Crippen LogP contribution in [-0.4, -0.2) is 21.4 Å². The SMILES string of the molecule is COc1ccc(NI=O)cc1NS(=O)(=O)c1cccc(C(=O)Nc2ccc(F)c(N=O)c2)c1. The summed E-state index contributed by atoms with van der Waals surface area (Å²) in [6, 6.07) is 13.0. The van der Waals surface area contributed by atoms with E-state index in [9.17, 15) is 25.6 Å². The lowest BCUT2D eigenvalue weighted by Crippen LogP contribution is -2.16. The first kappa shape index (κ1) is 24.2. The van der Waals surface area contributed by atoms with Gasteiger partial charge in [-0.1, -0.05) is 6.07 Å². The highest BCUT2D eigenvalue weighted by Gasteiger charge is 2.19. The topological polar surface area (TPSA) is 143 Å². The minimum Gasteiger partial charge on any atom is -0.495 e. The van der Waals surface area contributed by atoms with E-state index in [1.165, 1.54) is 43.5 Å². The standard InChI is InChI=1S/C20H16FIN4O6S/c1-32-19-8-6-14(24-22-28)11-18(19)26-33(30,31)15-4-2-3-12(9-15)20(27)23-13-5-7-16(21)17(10-13)25-29/h2-11,26H,1H3,(H,23,27)(H,24,28). The Kier molecular flexibility index (Phi) is 7.65. The number of anilines is 3. The Morgan fingerprint density at radius 3 is 2.52 bits per heavy atom. The molecule has 0 unspecified atom stereocenters. The van der Waals surface area contributed by atoms with Crippen LogP contribution in [0.15, 0.2) is 70.7 Å². The second-order valence-corrected chi connectivity index (χ2v) is 9.09. The normalized spacial score (nSPS) is 10.8. The number of amides is 1. The van der Waals surface area contributed by atoms with Crippen LogP contribution in [0.2, 0.25) is 0 Å². The third kappa shape index (κ3) is 5.87. The van der Waals surface area contributed by atoms with Gasteiger partial charge in [-0.25, -0.2) is 15.9 Å². The molecule has 0 spiro atoms. The van der Waals surface area contributed by atoms with Gasteiger partial charge in [0.25, 0.3) is 37.4 Å². The molecule has 33 heavy (non-hydrogen) atoms. The fourth-order valence-electron chi connectivity index (χ4n) is 2.76. The summed E-state index contributed by atoms with van der Waals surface area (Å²) < 4.78 is 60.4. The molecule has 0 bridgehead atoms. The van der Waals surface area contributed by atoms with Crippen molar-refractivity contribution in [3.63, 3.8) is 0 Å². The number of sulfonamides is 1. The van der Waals surface area contributed by atoms with Gasteiger partial charge in [0.1, 0.15) is 11.4 Å². The van der Waals surface area contributed by atoms with Crippen LogP contribution in [-0.2, 0) is 13.1 Å². The van der Waals surface area contributed by atoms with E-state index in [-0.39, 0.29) is 27.6 Å². The molecule has 3 aromatic carbocycles. The Morgan fingerprint density at radius 1 is 1.06 bits per heavy atom. The Balaban J connectivity index is 1.86. The van der Waals surface area contributed by atoms with Crippen LogP contribution in [0.3, 0.4) is 0 Å². The molecule has 0 aliphatic carbocycles. The highest BCUT2D eigenvalue weighted by molar-refractivity contribution is 14.1. The lowest BCUT2D eigenvalue weighted by molar-refractivity contribution is 0.102. The van der Waals surface area contributed by atoms with Crippen molar-refractivity contribution in [2.45, 2.75) is 4.90 Å². The smallest absolute Gasteiger partial charge is 0.270 e. The highest BCUT2D eigenvalue weighted by Crippen LogP contribution is 2.31. The summed E-state index contributed by atoms with van der Waals surface area (Å²) in [5.74, 6) is -1.29. The number of nitrogens with zero attached hydrogens (tertiary/aromatic N) is 1. The molecule has 0 aliphatic rings. The lowest BCUT2D eigenvalue weighted by Gasteiger charge is -2.13. The molecular formula is C20H16FIN4O6S. The average molecular weight is 586 g/mol. The number of halogens is 2. The summed E-state index contributed by atoms with van der Waals surface area (Å²) >= 11 is -1.52. The second kappa shape index (κ2) is 10.4. The number of carbonyl (C=O) groups excluding carboxylic acids is 1. The molecule has 1 amide bonds. The fraction of sp³-hybridized carbons (Fsp3) is 0.0500. The van der Waals surface area contributed by atoms with Crippen molar-refractivity contribution in [2.24, 2.45) is 5.18 Å². The molecule has 0 aromatic heterocycles. The van der Waals surface area contributed by atoms with E-state index in [1.54, 1.807) is 6.07 Å². The predicted octanol–water partition coefficient (Wildman–Crippen LogP) is 4.93. The maximum absolute atomic E-state index is 13.4. The van der Waals surface area contributed by atoms with Crippen LogP contribution in [0.4, 0.5) is 27.1 Å². The molecule has 3 aromatic rings. The third-order valence-electron chi connectivity index (χ3n) is 4.30. The number of ether oxygens (including phenoxy) is 1. The van der Waals surface area contributed by atoms with Crippen molar-refractivity contribution in [3.8, 4) is 5.75 Å². The van der Waals surface area contributed by atoms with Gasteiger partial charge in [-0.3, -0.25) is 9.52 Å². The van der Waals surface area contributed by atoms with Crippen molar-refractivity contribution in [1.29, 1.82) is 0 Å². The van der Waals surface area contributed by atoms with Gasteiger partial charge in [0.15, 0.2) is 5.82 Å². The number of hydrogen-bond acceptors (Lipinski definition) is 7. The van der Waals surface area contributed by atoms with Crippen LogP contribution in [0.1, 0.15) is 10.4 Å². The molecule has 3 rings (SSSR count). The van der Waals surface area contributed by atoms with Gasteiger partial charge < -0.3 is 13.6 Å². The number of nitroso groups, excluding NO2 is 1. The summed E-state index contributed by atoms with van der Waals surface area (Å²) in [4.78, 5) is 23.0. The molecule has 0 atom stereocenters. The van der Waals surface area contributed by atoms with Crippen molar-refractivity contribution in [1.82, 2.24) is 0 Å². The van der Waals surface area contributed by atoms with Crippen LogP contribution in [0.5, 0.6) is 5.75 Å². The van der Waals surface area contributed by atoms with Gasteiger partial charge in [-0.05, 0) is 59.8 Å². The zero-order valence-corrected chi connectivity index (χ0v) is 19.8. The molecule has 0 heterocycles. The number of methoxy groups -OCH3 is 1. The molecule has 172 valence electrons.